The molecule has 0 saturated heterocycles. The van der Waals surface area contributed by atoms with Gasteiger partial charge in [-0.2, -0.15) is 0 Å². The normalized spacial score (nSPS) is 16.4. The number of benzene rings is 2. The smallest absolute Gasteiger partial charge is 0.328 e. The SMILES string of the molecule is C#CC(COC1CCCC1)(C(=O)O)c1ccc(OC)cc1.c1cc2cc-2c1. The molecule has 1 fully saturated rings. The molecule has 4 rings (SSSR count). The summed E-state index contributed by atoms with van der Waals surface area (Å²) in [4.78, 5) is 11.8. The molecule has 0 amide bonds. The maximum Gasteiger partial charge on any atom is 0.328 e. The van der Waals surface area contributed by atoms with Crippen molar-refractivity contribution >= 4 is 5.97 Å². The van der Waals surface area contributed by atoms with Crippen LogP contribution >= 0.6 is 0 Å². The van der Waals surface area contributed by atoms with Gasteiger partial charge in [-0.05, 0) is 47.7 Å². The van der Waals surface area contributed by atoms with Crippen LogP contribution in [0.5, 0.6) is 5.75 Å². The molecular weight excluding hydrogens is 340 g/mol. The van der Waals surface area contributed by atoms with Gasteiger partial charge in [0, 0.05) is 0 Å². The van der Waals surface area contributed by atoms with E-state index in [9.17, 15) is 9.90 Å². The summed E-state index contributed by atoms with van der Waals surface area (Å²) in [6.45, 7) is -0.00414. The van der Waals surface area contributed by atoms with Crippen molar-refractivity contribution in [3.05, 3.63) is 54.1 Å². The highest BCUT2D eigenvalue weighted by molar-refractivity contribution is 5.86. The van der Waals surface area contributed by atoms with E-state index in [0.29, 0.717) is 11.3 Å². The van der Waals surface area contributed by atoms with Crippen LogP contribution in [0.3, 0.4) is 0 Å². The Hall–Kier alpha value is -2.77. The highest BCUT2D eigenvalue weighted by atomic mass is 16.5. The Morgan fingerprint density at radius 3 is 2.22 bits per heavy atom. The molecule has 0 heterocycles. The molecule has 0 bridgehead atoms. The van der Waals surface area contributed by atoms with E-state index in [1.165, 1.54) is 11.1 Å². The van der Waals surface area contributed by atoms with Crippen molar-refractivity contribution in [1.82, 2.24) is 0 Å². The van der Waals surface area contributed by atoms with E-state index >= 15 is 0 Å². The van der Waals surface area contributed by atoms with Crippen LogP contribution in [0.4, 0.5) is 0 Å². The first kappa shape index (κ1) is 19.0. The van der Waals surface area contributed by atoms with Gasteiger partial charge >= 0.3 is 5.97 Å². The number of terminal acetylenes is 1. The summed E-state index contributed by atoms with van der Waals surface area (Å²) in [5.41, 5.74) is 1.94. The van der Waals surface area contributed by atoms with Crippen LogP contribution in [-0.4, -0.2) is 30.9 Å². The summed E-state index contributed by atoms with van der Waals surface area (Å²) in [6, 6.07) is 15.3. The van der Waals surface area contributed by atoms with Gasteiger partial charge in [-0.15, -0.1) is 6.42 Å². The molecule has 1 unspecified atom stereocenters. The second-order valence-corrected chi connectivity index (χ2v) is 6.88. The summed E-state index contributed by atoms with van der Waals surface area (Å²) in [5, 5.41) is 9.62. The van der Waals surface area contributed by atoms with Crippen LogP contribution in [0.1, 0.15) is 31.2 Å². The number of hydrogen-bond donors (Lipinski definition) is 1. The van der Waals surface area contributed by atoms with Gasteiger partial charge in [0.1, 0.15) is 5.75 Å². The predicted octanol–water partition coefficient (Wildman–Crippen LogP) is 4.28. The monoisotopic (exact) mass is 364 g/mol. The van der Waals surface area contributed by atoms with E-state index in [0.717, 1.165) is 25.7 Å². The average Bonchev–Trinajstić information content (AvgIpc) is 3.08. The topological polar surface area (TPSA) is 55.8 Å². The fourth-order valence-electron chi connectivity index (χ4n) is 3.30. The van der Waals surface area contributed by atoms with Crippen molar-refractivity contribution in [3.63, 3.8) is 0 Å². The molecule has 0 aromatic heterocycles. The second-order valence-electron chi connectivity index (χ2n) is 6.88. The lowest BCUT2D eigenvalue weighted by atomic mass is 9.82. The molecule has 3 aliphatic carbocycles. The third-order valence-corrected chi connectivity index (χ3v) is 5.14. The summed E-state index contributed by atoms with van der Waals surface area (Å²) >= 11 is 0. The van der Waals surface area contributed by atoms with Gasteiger partial charge in [0.2, 0.25) is 0 Å². The number of hydrogen-bond acceptors (Lipinski definition) is 3. The lowest BCUT2D eigenvalue weighted by Crippen LogP contribution is -2.40. The molecule has 1 saturated carbocycles. The number of ether oxygens (including phenoxy) is 2. The number of aliphatic carboxylic acids is 1. The first-order valence-corrected chi connectivity index (χ1v) is 9.17. The van der Waals surface area contributed by atoms with Gasteiger partial charge in [0.25, 0.3) is 0 Å². The first-order chi connectivity index (χ1) is 13.1. The van der Waals surface area contributed by atoms with Crippen molar-refractivity contribution in [2.45, 2.75) is 37.2 Å². The van der Waals surface area contributed by atoms with Gasteiger partial charge in [-0.3, -0.25) is 4.79 Å². The molecule has 0 aliphatic heterocycles. The highest BCUT2D eigenvalue weighted by Gasteiger charge is 2.40. The Balaban J connectivity index is 0.000000290. The molecule has 140 valence electrons. The van der Waals surface area contributed by atoms with Crippen molar-refractivity contribution in [2.24, 2.45) is 0 Å². The van der Waals surface area contributed by atoms with Crippen molar-refractivity contribution in [2.75, 3.05) is 13.7 Å². The molecule has 1 N–H and O–H groups in total. The van der Waals surface area contributed by atoms with Crippen LogP contribution in [0, 0.1) is 12.3 Å². The van der Waals surface area contributed by atoms with Crippen LogP contribution < -0.4 is 4.74 Å². The number of rotatable bonds is 6. The van der Waals surface area contributed by atoms with Gasteiger partial charge in [0.15, 0.2) is 5.41 Å². The van der Waals surface area contributed by atoms with Crippen LogP contribution in [0.25, 0.3) is 11.1 Å². The maximum atomic E-state index is 11.8. The van der Waals surface area contributed by atoms with E-state index in [4.69, 9.17) is 15.9 Å². The van der Waals surface area contributed by atoms with Crippen LogP contribution in [0.2, 0.25) is 0 Å². The Morgan fingerprint density at radius 1 is 1.19 bits per heavy atom. The van der Waals surface area contributed by atoms with E-state index in [1.807, 2.05) is 0 Å². The van der Waals surface area contributed by atoms with E-state index < -0.39 is 11.4 Å². The summed E-state index contributed by atoms with van der Waals surface area (Å²) in [7, 11) is 1.56. The number of fused-ring (bicyclic) bond motifs is 1. The summed E-state index contributed by atoms with van der Waals surface area (Å²) < 4.78 is 10.9. The number of carboxylic acid groups (broad SMARTS) is 1. The fourth-order valence-corrected chi connectivity index (χ4v) is 3.30. The van der Waals surface area contributed by atoms with Crippen LogP contribution in [-0.2, 0) is 14.9 Å². The number of methoxy groups -OCH3 is 1. The van der Waals surface area contributed by atoms with Crippen molar-refractivity contribution in [3.8, 4) is 29.2 Å². The predicted molar refractivity (Wildman–Crippen MR) is 105 cm³/mol. The zero-order valence-corrected chi connectivity index (χ0v) is 15.5. The molecule has 0 radical (unpaired) electrons. The molecular formula is C23H24O4. The Bertz CT molecular complexity index is 811. The Morgan fingerprint density at radius 2 is 1.81 bits per heavy atom. The minimum atomic E-state index is -1.45. The van der Waals surface area contributed by atoms with E-state index in [2.05, 4.69) is 30.2 Å². The molecule has 0 spiro atoms. The molecule has 4 nitrogen and oxygen atoms in total. The molecule has 1 aromatic carbocycles. The maximum absolute atomic E-state index is 11.8. The minimum Gasteiger partial charge on any atom is -0.497 e. The molecule has 27 heavy (non-hydrogen) atoms. The fraction of sp³-hybridized carbons (Fsp3) is 0.348. The lowest BCUT2D eigenvalue weighted by Gasteiger charge is -2.26. The summed E-state index contributed by atoms with van der Waals surface area (Å²) in [5.74, 6) is 2.02. The standard InChI is InChI=1S/C17H20O4.C6H4/c1-3-17(16(18)19,12-21-15-6-4-5-7-15)13-8-10-14(20-2)11-9-13;1-2-5-4-6(5)3-1/h1,8-11,15H,4-7,12H2,2H3,(H,18,19);1-4H. The molecule has 3 aliphatic rings. The third-order valence-electron chi connectivity index (χ3n) is 5.14. The van der Waals surface area contributed by atoms with E-state index in [-0.39, 0.29) is 12.7 Å². The largest absolute Gasteiger partial charge is 0.497 e. The second kappa shape index (κ2) is 8.28. The lowest BCUT2D eigenvalue weighted by molar-refractivity contribution is -0.144. The third kappa shape index (κ3) is 4.32. The van der Waals surface area contributed by atoms with E-state index in [1.54, 1.807) is 31.4 Å². The quantitative estimate of drug-likeness (QED) is 0.664. The van der Waals surface area contributed by atoms with Gasteiger partial charge in [-0.1, -0.05) is 49.1 Å². The zero-order chi connectivity index (χ0) is 19.3. The molecule has 1 atom stereocenters. The minimum absolute atomic E-state index is 0.00414. The van der Waals surface area contributed by atoms with Gasteiger partial charge in [0.05, 0.1) is 19.8 Å². The van der Waals surface area contributed by atoms with Crippen molar-refractivity contribution < 1.29 is 19.4 Å². The van der Waals surface area contributed by atoms with Crippen molar-refractivity contribution in [1.29, 1.82) is 0 Å². The van der Waals surface area contributed by atoms with Crippen LogP contribution in [0.15, 0.2) is 48.5 Å². The number of carbonyl (C=O) groups is 1. The first-order valence-electron chi connectivity index (χ1n) is 9.17. The summed E-state index contributed by atoms with van der Waals surface area (Å²) in [6.07, 6.45) is 9.88. The number of carboxylic acids is 1. The Kier molecular flexibility index (Phi) is 5.83. The molecule has 4 heteroatoms. The van der Waals surface area contributed by atoms with Gasteiger partial charge in [-0.25, -0.2) is 0 Å². The molecule has 1 aromatic rings. The van der Waals surface area contributed by atoms with Gasteiger partial charge < -0.3 is 14.6 Å². The highest BCUT2D eigenvalue weighted by Crippen LogP contribution is 2.32. The average molecular weight is 364 g/mol. The zero-order valence-electron chi connectivity index (χ0n) is 15.5. The Labute approximate surface area is 160 Å².